The average Bonchev–Trinajstić information content (AvgIpc) is 2.52. The minimum absolute atomic E-state index is 0.00580. The summed E-state index contributed by atoms with van der Waals surface area (Å²) in [6, 6.07) is 7.23. The maximum absolute atomic E-state index is 12.2. The number of anilines is 1. The highest BCUT2D eigenvalue weighted by atomic mass is 16.2. The van der Waals surface area contributed by atoms with Gasteiger partial charge in [0.25, 0.3) is 0 Å². The molecule has 120 valence electrons. The lowest BCUT2D eigenvalue weighted by molar-refractivity contribution is -0.133. The van der Waals surface area contributed by atoms with Gasteiger partial charge in [0, 0.05) is 24.8 Å². The molecule has 1 fully saturated rings. The molecule has 4 N–H and O–H groups in total. The van der Waals surface area contributed by atoms with Crippen LogP contribution >= 0.6 is 0 Å². The third-order valence-corrected chi connectivity index (χ3v) is 3.90. The van der Waals surface area contributed by atoms with E-state index in [1.165, 1.54) is 0 Å². The van der Waals surface area contributed by atoms with Crippen molar-refractivity contribution < 1.29 is 9.59 Å². The van der Waals surface area contributed by atoms with Crippen LogP contribution in [0.15, 0.2) is 24.3 Å². The SMILES string of the molecule is Cc1cccc(NC(=O)NCC(=O)N2CCCCC2CN)c1. The van der Waals surface area contributed by atoms with Crippen LogP contribution in [0.2, 0.25) is 0 Å². The maximum Gasteiger partial charge on any atom is 0.319 e. The summed E-state index contributed by atoms with van der Waals surface area (Å²) in [5.74, 6) is -0.0745. The van der Waals surface area contributed by atoms with Gasteiger partial charge in [-0.3, -0.25) is 4.79 Å². The number of piperidine rings is 1. The molecule has 0 radical (unpaired) electrons. The average molecular weight is 304 g/mol. The highest BCUT2D eigenvalue weighted by Crippen LogP contribution is 2.16. The van der Waals surface area contributed by atoms with Gasteiger partial charge < -0.3 is 21.3 Å². The zero-order valence-corrected chi connectivity index (χ0v) is 13.0. The third-order valence-electron chi connectivity index (χ3n) is 3.90. The quantitative estimate of drug-likeness (QED) is 0.787. The summed E-state index contributed by atoms with van der Waals surface area (Å²) in [7, 11) is 0. The van der Waals surface area contributed by atoms with Gasteiger partial charge in [-0.15, -0.1) is 0 Å². The summed E-state index contributed by atoms with van der Waals surface area (Å²) in [6.07, 6.45) is 3.04. The number of nitrogens with zero attached hydrogens (tertiary/aromatic N) is 1. The molecule has 6 heteroatoms. The Labute approximate surface area is 131 Å². The van der Waals surface area contributed by atoms with Gasteiger partial charge in [0.05, 0.1) is 6.54 Å². The van der Waals surface area contributed by atoms with Crippen LogP contribution in [-0.2, 0) is 4.79 Å². The molecule has 6 nitrogen and oxygen atoms in total. The number of aryl methyl sites for hydroxylation is 1. The Morgan fingerprint density at radius 2 is 2.18 bits per heavy atom. The summed E-state index contributed by atoms with van der Waals surface area (Å²) >= 11 is 0. The fraction of sp³-hybridized carbons (Fsp3) is 0.500. The van der Waals surface area contributed by atoms with E-state index >= 15 is 0 Å². The van der Waals surface area contributed by atoms with E-state index in [1.54, 1.807) is 4.90 Å². The largest absolute Gasteiger partial charge is 0.337 e. The number of benzene rings is 1. The Hall–Kier alpha value is -2.08. The second kappa shape index (κ2) is 7.79. The van der Waals surface area contributed by atoms with E-state index in [-0.39, 0.29) is 24.5 Å². The second-order valence-corrected chi connectivity index (χ2v) is 5.65. The van der Waals surface area contributed by atoms with Crippen molar-refractivity contribution in [3.05, 3.63) is 29.8 Å². The molecule has 22 heavy (non-hydrogen) atoms. The lowest BCUT2D eigenvalue weighted by Gasteiger charge is -2.35. The van der Waals surface area contributed by atoms with Crippen molar-refractivity contribution >= 4 is 17.6 Å². The minimum Gasteiger partial charge on any atom is -0.337 e. The van der Waals surface area contributed by atoms with Crippen LogP contribution < -0.4 is 16.4 Å². The van der Waals surface area contributed by atoms with Crippen LogP contribution in [0, 0.1) is 6.92 Å². The predicted molar refractivity (Wildman–Crippen MR) is 86.6 cm³/mol. The first kappa shape index (κ1) is 16.3. The molecule has 0 aromatic heterocycles. The van der Waals surface area contributed by atoms with Crippen molar-refractivity contribution in [1.82, 2.24) is 10.2 Å². The van der Waals surface area contributed by atoms with Crippen molar-refractivity contribution in [2.24, 2.45) is 5.73 Å². The van der Waals surface area contributed by atoms with Gasteiger partial charge in [-0.1, -0.05) is 12.1 Å². The molecule has 0 spiro atoms. The molecule has 1 aromatic rings. The molecule has 0 saturated carbocycles. The summed E-state index contributed by atoms with van der Waals surface area (Å²) in [5.41, 5.74) is 7.48. The number of urea groups is 1. The molecule has 1 aliphatic rings. The highest BCUT2D eigenvalue weighted by molar-refractivity contribution is 5.92. The van der Waals surface area contributed by atoms with E-state index in [1.807, 2.05) is 31.2 Å². The predicted octanol–water partition coefficient (Wildman–Crippen LogP) is 1.46. The third kappa shape index (κ3) is 4.46. The molecule has 1 heterocycles. The Balaban J connectivity index is 1.81. The summed E-state index contributed by atoms with van der Waals surface area (Å²) in [5, 5.41) is 5.33. The minimum atomic E-state index is -0.375. The number of hydrogen-bond acceptors (Lipinski definition) is 3. The standard InChI is InChI=1S/C16H24N4O2/c1-12-5-4-6-13(9-12)19-16(22)18-11-15(21)20-8-3-2-7-14(20)10-17/h4-6,9,14H,2-3,7-8,10-11,17H2,1H3,(H2,18,19,22). The van der Waals surface area contributed by atoms with Crippen molar-refractivity contribution in [3.8, 4) is 0 Å². The zero-order valence-electron chi connectivity index (χ0n) is 13.0. The van der Waals surface area contributed by atoms with Crippen molar-refractivity contribution in [2.75, 3.05) is 25.0 Å². The number of likely N-dealkylation sites (tertiary alicyclic amines) is 1. The first-order chi connectivity index (χ1) is 10.6. The van der Waals surface area contributed by atoms with Crippen molar-refractivity contribution in [2.45, 2.75) is 32.2 Å². The monoisotopic (exact) mass is 304 g/mol. The van der Waals surface area contributed by atoms with E-state index in [2.05, 4.69) is 10.6 Å². The summed E-state index contributed by atoms with van der Waals surface area (Å²) < 4.78 is 0. The first-order valence-corrected chi connectivity index (χ1v) is 7.71. The van der Waals surface area contributed by atoms with Gasteiger partial charge >= 0.3 is 6.03 Å². The van der Waals surface area contributed by atoms with Gasteiger partial charge in [0.2, 0.25) is 5.91 Å². The lowest BCUT2D eigenvalue weighted by Crippen LogP contribution is -2.51. The molecular formula is C16H24N4O2. The molecule has 1 aliphatic heterocycles. The summed E-state index contributed by atoms with van der Waals surface area (Å²) in [4.78, 5) is 25.8. The Bertz CT molecular complexity index is 533. The molecule has 0 aliphatic carbocycles. The smallest absolute Gasteiger partial charge is 0.319 e. The summed E-state index contributed by atoms with van der Waals surface area (Å²) in [6.45, 7) is 3.15. The number of rotatable bonds is 4. The van der Waals surface area contributed by atoms with Gasteiger partial charge in [-0.2, -0.15) is 0 Å². The van der Waals surface area contributed by atoms with E-state index in [0.29, 0.717) is 12.2 Å². The van der Waals surface area contributed by atoms with Crippen LogP contribution in [0.5, 0.6) is 0 Å². The lowest BCUT2D eigenvalue weighted by atomic mass is 10.0. The van der Waals surface area contributed by atoms with E-state index in [9.17, 15) is 9.59 Å². The molecule has 1 unspecified atom stereocenters. The molecule has 1 aromatic carbocycles. The highest BCUT2D eigenvalue weighted by Gasteiger charge is 2.25. The van der Waals surface area contributed by atoms with Crippen LogP contribution in [0.3, 0.4) is 0 Å². The van der Waals surface area contributed by atoms with E-state index in [4.69, 9.17) is 5.73 Å². The molecule has 2 rings (SSSR count). The van der Waals surface area contributed by atoms with Crippen LogP contribution in [0.1, 0.15) is 24.8 Å². The number of hydrogen-bond donors (Lipinski definition) is 3. The Morgan fingerprint density at radius 1 is 1.36 bits per heavy atom. The van der Waals surface area contributed by atoms with Crippen molar-refractivity contribution in [3.63, 3.8) is 0 Å². The molecule has 1 atom stereocenters. The zero-order chi connectivity index (χ0) is 15.9. The maximum atomic E-state index is 12.2. The molecule has 0 bridgehead atoms. The van der Waals surface area contributed by atoms with Crippen LogP contribution in [-0.4, -0.2) is 42.5 Å². The molecular weight excluding hydrogens is 280 g/mol. The number of carbonyl (C=O) groups is 2. The topological polar surface area (TPSA) is 87.5 Å². The van der Waals surface area contributed by atoms with Gasteiger partial charge in [-0.25, -0.2) is 4.79 Å². The van der Waals surface area contributed by atoms with E-state index in [0.717, 1.165) is 31.4 Å². The van der Waals surface area contributed by atoms with E-state index < -0.39 is 0 Å². The Kier molecular flexibility index (Phi) is 5.77. The molecule has 1 saturated heterocycles. The van der Waals surface area contributed by atoms with Gasteiger partial charge in [0.1, 0.15) is 0 Å². The normalized spacial score (nSPS) is 17.9. The number of carbonyl (C=O) groups excluding carboxylic acids is 2. The van der Waals surface area contributed by atoms with Crippen LogP contribution in [0.25, 0.3) is 0 Å². The van der Waals surface area contributed by atoms with Crippen molar-refractivity contribution in [1.29, 1.82) is 0 Å². The molecule has 3 amide bonds. The van der Waals surface area contributed by atoms with Gasteiger partial charge in [0.15, 0.2) is 0 Å². The fourth-order valence-electron chi connectivity index (χ4n) is 2.73. The first-order valence-electron chi connectivity index (χ1n) is 7.71. The number of nitrogens with two attached hydrogens (primary N) is 1. The number of nitrogens with one attached hydrogen (secondary N) is 2. The second-order valence-electron chi connectivity index (χ2n) is 5.65. The number of amides is 3. The Morgan fingerprint density at radius 3 is 2.91 bits per heavy atom. The fourth-order valence-corrected chi connectivity index (χ4v) is 2.73. The van der Waals surface area contributed by atoms with Crippen LogP contribution in [0.4, 0.5) is 10.5 Å². The van der Waals surface area contributed by atoms with Gasteiger partial charge in [-0.05, 0) is 43.9 Å².